The van der Waals surface area contributed by atoms with Gasteiger partial charge in [0, 0.05) is 27.7 Å². The largest absolute Gasteiger partial charge is 0.343 e. The second kappa shape index (κ2) is 3.21. The number of nitrogens with zero attached hydrogens (tertiary/aromatic N) is 1. The van der Waals surface area contributed by atoms with Crippen LogP contribution in [-0.2, 0) is 0 Å². The Morgan fingerprint density at radius 2 is 2.20 bits per heavy atom. The molecule has 0 unspecified atom stereocenters. The van der Waals surface area contributed by atoms with E-state index >= 15 is 0 Å². The summed E-state index contributed by atoms with van der Waals surface area (Å²) in [7, 11) is 0. The quantitative estimate of drug-likeness (QED) is 0.658. The molecule has 0 saturated carbocycles. The van der Waals surface area contributed by atoms with Gasteiger partial charge in [0.25, 0.3) is 0 Å². The van der Waals surface area contributed by atoms with Crippen molar-refractivity contribution in [3.63, 3.8) is 0 Å². The Hall–Kier alpha value is -1.61. The number of aromatic amines is 1. The van der Waals surface area contributed by atoms with Gasteiger partial charge in [-0.15, -0.1) is 11.3 Å². The van der Waals surface area contributed by atoms with Gasteiger partial charge in [0.2, 0.25) is 0 Å². The Morgan fingerprint density at radius 1 is 1.27 bits per heavy atom. The first-order valence-corrected chi connectivity index (χ1v) is 5.71. The van der Waals surface area contributed by atoms with Gasteiger partial charge in [-0.05, 0) is 30.5 Å². The normalized spacial score (nSPS) is 11.0. The van der Waals surface area contributed by atoms with E-state index in [0.717, 1.165) is 5.65 Å². The summed E-state index contributed by atoms with van der Waals surface area (Å²) in [6.07, 6.45) is 1.82. The Kier molecular flexibility index (Phi) is 1.86. The molecule has 0 saturated heterocycles. The summed E-state index contributed by atoms with van der Waals surface area (Å²) < 4.78 is 0. The summed E-state index contributed by atoms with van der Waals surface area (Å²) in [5.74, 6) is 0. The molecule has 0 aromatic carbocycles. The summed E-state index contributed by atoms with van der Waals surface area (Å²) in [6.45, 7) is 2.09. The third-order valence-corrected chi connectivity index (χ3v) is 3.41. The molecule has 0 atom stereocenters. The van der Waals surface area contributed by atoms with Gasteiger partial charge < -0.3 is 4.98 Å². The van der Waals surface area contributed by atoms with Crippen LogP contribution in [0.3, 0.4) is 0 Å². The zero-order valence-electron chi connectivity index (χ0n) is 8.32. The number of pyridine rings is 1. The molecule has 15 heavy (non-hydrogen) atoms. The minimum Gasteiger partial charge on any atom is -0.343 e. The van der Waals surface area contributed by atoms with Crippen LogP contribution in [0, 0.1) is 6.92 Å². The van der Waals surface area contributed by atoms with E-state index in [1.54, 1.807) is 11.3 Å². The van der Waals surface area contributed by atoms with Crippen molar-refractivity contribution in [1.82, 2.24) is 9.97 Å². The molecule has 0 aliphatic heterocycles. The summed E-state index contributed by atoms with van der Waals surface area (Å²) in [4.78, 5) is 8.93. The van der Waals surface area contributed by atoms with Crippen LogP contribution >= 0.6 is 11.3 Å². The molecule has 3 heteroatoms. The Bertz CT molecular complexity index is 593. The Morgan fingerprint density at radius 3 is 3.00 bits per heavy atom. The first-order valence-electron chi connectivity index (χ1n) is 4.83. The molecule has 3 rings (SSSR count). The molecule has 74 valence electrons. The van der Waals surface area contributed by atoms with Gasteiger partial charge in [0.15, 0.2) is 0 Å². The average molecular weight is 214 g/mol. The third kappa shape index (κ3) is 1.27. The van der Waals surface area contributed by atoms with Gasteiger partial charge in [-0.2, -0.15) is 0 Å². The number of hydrogen-bond acceptors (Lipinski definition) is 2. The van der Waals surface area contributed by atoms with Crippen LogP contribution in [0.1, 0.15) is 5.69 Å². The highest BCUT2D eigenvalue weighted by atomic mass is 32.1. The van der Waals surface area contributed by atoms with Gasteiger partial charge in [0.05, 0.1) is 0 Å². The van der Waals surface area contributed by atoms with Crippen molar-refractivity contribution in [2.45, 2.75) is 6.92 Å². The molecule has 0 spiro atoms. The number of fused-ring (bicyclic) bond motifs is 1. The molecule has 3 aromatic heterocycles. The number of thiophene rings is 1. The van der Waals surface area contributed by atoms with E-state index in [9.17, 15) is 0 Å². The number of H-pyrrole nitrogens is 1. The molecule has 0 fully saturated rings. The Balaban J connectivity index is 2.39. The van der Waals surface area contributed by atoms with Crippen LogP contribution in [0.15, 0.2) is 35.8 Å². The second-order valence-corrected chi connectivity index (χ2v) is 4.45. The molecule has 0 radical (unpaired) electrons. The number of aromatic nitrogens is 2. The van der Waals surface area contributed by atoms with Gasteiger partial charge >= 0.3 is 0 Å². The summed E-state index contributed by atoms with van der Waals surface area (Å²) in [5, 5.41) is 3.31. The SMILES string of the molecule is Cc1[nH]c2ncccc2c1-c1cccs1. The first kappa shape index (κ1) is 8.68. The van der Waals surface area contributed by atoms with Crippen molar-refractivity contribution in [3.8, 4) is 10.4 Å². The molecule has 0 bridgehead atoms. The van der Waals surface area contributed by atoms with E-state index in [2.05, 4.69) is 40.5 Å². The van der Waals surface area contributed by atoms with E-state index in [0.29, 0.717) is 0 Å². The van der Waals surface area contributed by atoms with Crippen molar-refractivity contribution in [2.75, 3.05) is 0 Å². The molecule has 0 aliphatic carbocycles. The molecule has 2 nitrogen and oxygen atoms in total. The molecular weight excluding hydrogens is 204 g/mol. The highest BCUT2D eigenvalue weighted by molar-refractivity contribution is 7.13. The van der Waals surface area contributed by atoms with Crippen molar-refractivity contribution in [3.05, 3.63) is 41.5 Å². The van der Waals surface area contributed by atoms with Crippen molar-refractivity contribution in [1.29, 1.82) is 0 Å². The number of hydrogen-bond donors (Lipinski definition) is 1. The first-order chi connectivity index (χ1) is 7.36. The predicted molar refractivity (Wildman–Crippen MR) is 64.1 cm³/mol. The number of rotatable bonds is 1. The molecule has 0 aliphatic rings. The lowest BCUT2D eigenvalue weighted by Gasteiger charge is -1.95. The molecular formula is C12H10N2S. The number of nitrogens with one attached hydrogen (secondary N) is 1. The van der Waals surface area contributed by atoms with Gasteiger partial charge in [-0.1, -0.05) is 6.07 Å². The minimum atomic E-state index is 0.971. The van der Waals surface area contributed by atoms with Gasteiger partial charge in [-0.3, -0.25) is 0 Å². The Labute approximate surface area is 91.6 Å². The van der Waals surface area contributed by atoms with Gasteiger partial charge in [0.1, 0.15) is 5.65 Å². The van der Waals surface area contributed by atoms with E-state index in [4.69, 9.17) is 0 Å². The van der Waals surface area contributed by atoms with Crippen molar-refractivity contribution >= 4 is 22.4 Å². The second-order valence-electron chi connectivity index (χ2n) is 3.50. The van der Waals surface area contributed by atoms with Crippen LogP contribution < -0.4 is 0 Å². The van der Waals surface area contributed by atoms with Crippen LogP contribution in [0.25, 0.3) is 21.5 Å². The highest BCUT2D eigenvalue weighted by Gasteiger charge is 2.10. The van der Waals surface area contributed by atoms with Crippen LogP contribution in [0.2, 0.25) is 0 Å². The average Bonchev–Trinajstić information content (AvgIpc) is 2.82. The topological polar surface area (TPSA) is 28.7 Å². The fraction of sp³-hybridized carbons (Fsp3) is 0.0833. The van der Waals surface area contributed by atoms with Crippen LogP contribution in [-0.4, -0.2) is 9.97 Å². The molecule has 0 amide bonds. The zero-order valence-corrected chi connectivity index (χ0v) is 9.14. The van der Waals surface area contributed by atoms with Gasteiger partial charge in [-0.25, -0.2) is 4.98 Å². The lowest BCUT2D eigenvalue weighted by atomic mass is 10.1. The summed E-state index contributed by atoms with van der Waals surface area (Å²) in [6, 6.07) is 8.32. The van der Waals surface area contributed by atoms with Crippen LogP contribution in [0.5, 0.6) is 0 Å². The summed E-state index contributed by atoms with van der Waals surface area (Å²) in [5.41, 5.74) is 3.44. The highest BCUT2D eigenvalue weighted by Crippen LogP contribution is 2.33. The van der Waals surface area contributed by atoms with E-state index in [1.165, 1.54) is 21.5 Å². The maximum atomic E-state index is 4.32. The third-order valence-electron chi connectivity index (χ3n) is 2.53. The lowest BCUT2D eigenvalue weighted by Crippen LogP contribution is -1.73. The lowest BCUT2D eigenvalue weighted by molar-refractivity contribution is 1.25. The van der Waals surface area contributed by atoms with E-state index in [-0.39, 0.29) is 0 Å². The summed E-state index contributed by atoms with van der Waals surface area (Å²) >= 11 is 1.76. The van der Waals surface area contributed by atoms with Crippen molar-refractivity contribution < 1.29 is 0 Å². The van der Waals surface area contributed by atoms with Crippen LogP contribution in [0.4, 0.5) is 0 Å². The monoisotopic (exact) mass is 214 g/mol. The molecule has 1 N–H and O–H groups in total. The predicted octanol–water partition coefficient (Wildman–Crippen LogP) is 3.60. The maximum Gasteiger partial charge on any atom is 0.138 e. The number of aryl methyl sites for hydroxylation is 1. The molecule has 3 aromatic rings. The molecule has 3 heterocycles. The smallest absolute Gasteiger partial charge is 0.138 e. The zero-order chi connectivity index (χ0) is 10.3. The van der Waals surface area contributed by atoms with E-state index < -0.39 is 0 Å². The van der Waals surface area contributed by atoms with Crippen molar-refractivity contribution in [2.24, 2.45) is 0 Å². The fourth-order valence-electron chi connectivity index (χ4n) is 1.89. The fourth-order valence-corrected chi connectivity index (χ4v) is 2.73. The maximum absolute atomic E-state index is 4.32. The minimum absolute atomic E-state index is 0.971. The van der Waals surface area contributed by atoms with E-state index in [1.807, 2.05) is 12.3 Å². The standard InChI is InChI=1S/C12H10N2S/c1-8-11(10-5-3-7-15-10)9-4-2-6-13-12(9)14-8/h2-7H,1H3,(H,13,14).